The highest BCUT2D eigenvalue weighted by atomic mass is 32.1. The molecule has 0 radical (unpaired) electrons. The number of nitrogens with one attached hydrogen (secondary N) is 1. The van der Waals surface area contributed by atoms with Crippen molar-refractivity contribution < 1.29 is 0 Å². The van der Waals surface area contributed by atoms with E-state index < -0.39 is 0 Å². The first-order chi connectivity index (χ1) is 8.97. The van der Waals surface area contributed by atoms with Crippen LogP contribution in [0.15, 0.2) is 12.4 Å². The van der Waals surface area contributed by atoms with E-state index in [4.69, 9.17) is 0 Å². The molecule has 19 heavy (non-hydrogen) atoms. The Bertz CT molecular complexity index is 523. The number of hydrogen-bond donors (Lipinski definition) is 1. The van der Waals surface area contributed by atoms with E-state index in [0.717, 1.165) is 35.5 Å². The van der Waals surface area contributed by atoms with Gasteiger partial charge in [-0.25, -0.2) is 4.98 Å². The number of imidazole rings is 1. The highest BCUT2D eigenvalue weighted by Crippen LogP contribution is 2.27. The van der Waals surface area contributed by atoms with E-state index >= 15 is 0 Å². The van der Waals surface area contributed by atoms with Crippen LogP contribution < -0.4 is 5.32 Å². The van der Waals surface area contributed by atoms with E-state index in [9.17, 15) is 0 Å². The first-order valence-electron chi connectivity index (χ1n) is 6.52. The van der Waals surface area contributed by atoms with Crippen molar-refractivity contribution in [1.82, 2.24) is 19.7 Å². The summed E-state index contributed by atoms with van der Waals surface area (Å²) >= 11 is 1.64. The van der Waals surface area contributed by atoms with Crippen LogP contribution >= 0.6 is 11.3 Å². The molecular formula is C13H21N5S. The molecule has 0 aliphatic carbocycles. The van der Waals surface area contributed by atoms with Gasteiger partial charge in [0, 0.05) is 30.9 Å². The second kappa shape index (κ2) is 5.69. The molecule has 0 fully saturated rings. The van der Waals surface area contributed by atoms with Gasteiger partial charge in [0.1, 0.15) is 10.8 Å². The molecule has 0 amide bonds. The molecule has 0 aliphatic heterocycles. The highest BCUT2D eigenvalue weighted by Gasteiger charge is 2.19. The average molecular weight is 279 g/mol. The van der Waals surface area contributed by atoms with Gasteiger partial charge in [0.15, 0.2) is 0 Å². The summed E-state index contributed by atoms with van der Waals surface area (Å²) < 4.78 is 2.16. The summed E-state index contributed by atoms with van der Waals surface area (Å²) in [6, 6.07) is 0. The van der Waals surface area contributed by atoms with Crippen molar-refractivity contribution in [2.24, 2.45) is 0 Å². The summed E-state index contributed by atoms with van der Waals surface area (Å²) in [6.07, 6.45) is 4.89. The van der Waals surface area contributed by atoms with Crippen molar-refractivity contribution in [3.8, 4) is 0 Å². The molecule has 2 rings (SSSR count). The predicted molar refractivity (Wildman–Crippen MR) is 78.7 cm³/mol. The summed E-state index contributed by atoms with van der Waals surface area (Å²) in [4.78, 5) is 4.21. The van der Waals surface area contributed by atoms with Crippen molar-refractivity contribution in [3.05, 3.63) is 23.2 Å². The van der Waals surface area contributed by atoms with Crippen LogP contribution in [0.3, 0.4) is 0 Å². The van der Waals surface area contributed by atoms with Crippen molar-refractivity contribution in [1.29, 1.82) is 0 Å². The maximum Gasteiger partial charge on any atom is 0.205 e. The van der Waals surface area contributed by atoms with Crippen molar-refractivity contribution in [3.63, 3.8) is 0 Å². The highest BCUT2D eigenvalue weighted by molar-refractivity contribution is 7.15. The van der Waals surface area contributed by atoms with Crippen LogP contribution in [0, 0.1) is 6.92 Å². The molecule has 5 nitrogen and oxygen atoms in total. The zero-order chi connectivity index (χ0) is 13.9. The molecule has 0 unspecified atom stereocenters. The Morgan fingerprint density at radius 1 is 1.32 bits per heavy atom. The van der Waals surface area contributed by atoms with Gasteiger partial charge in [-0.15, -0.1) is 10.2 Å². The van der Waals surface area contributed by atoms with E-state index in [1.807, 2.05) is 19.3 Å². The standard InChI is InChI=1S/C13H21N5S/c1-10-14-7-9-18(10)8-5-6-15-12-17-16-11(19-12)13(2,3)4/h7,9H,5-6,8H2,1-4H3,(H,15,17). The molecule has 0 aliphatic rings. The van der Waals surface area contributed by atoms with E-state index in [1.54, 1.807) is 11.3 Å². The van der Waals surface area contributed by atoms with Crippen LogP contribution in [0.25, 0.3) is 0 Å². The number of hydrogen-bond acceptors (Lipinski definition) is 5. The Hall–Kier alpha value is -1.43. The minimum atomic E-state index is 0.0749. The molecule has 0 atom stereocenters. The maximum atomic E-state index is 4.22. The summed E-state index contributed by atoms with van der Waals surface area (Å²) in [5, 5.41) is 13.7. The molecule has 104 valence electrons. The van der Waals surface area contributed by atoms with Gasteiger partial charge in [-0.2, -0.15) is 0 Å². The lowest BCUT2D eigenvalue weighted by Crippen LogP contribution is -2.10. The molecule has 0 saturated carbocycles. The van der Waals surface area contributed by atoms with Gasteiger partial charge in [-0.3, -0.25) is 0 Å². The summed E-state index contributed by atoms with van der Waals surface area (Å²) in [7, 11) is 0. The zero-order valence-electron chi connectivity index (χ0n) is 12.0. The van der Waals surface area contributed by atoms with Gasteiger partial charge >= 0.3 is 0 Å². The summed E-state index contributed by atoms with van der Waals surface area (Å²) in [5.41, 5.74) is 0.0749. The van der Waals surface area contributed by atoms with Gasteiger partial charge in [0.2, 0.25) is 5.13 Å². The molecule has 2 heterocycles. The smallest absolute Gasteiger partial charge is 0.205 e. The number of aryl methyl sites for hydroxylation is 2. The van der Waals surface area contributed by atoms with Gasteiger partial charge < -0.3 is 9.88 Å². The Balaban J connectivity index is 1.77. The van der Waals surface area contributed by atoms with Crippen LogP contribution in [0.2, 0.25) is 0 Å². The fourth-order valence-electron chi connectivity index (χ4n) is 1.68. The number of anilines is 1. The predicted octanol–water partition coefficient (Wildman–Crippen LogP) is 2.84. The Morgan fingerprint density at radius 3 is 2.68 bits per heavy atom. The molecule has 0 aromatic carbocycles. The molecular weight excluding hydrogens is 258 g/mol. The summed E-state index contributed by atoms with van der Waals surface area (Å²) in [6.45, 7) is 10.4. The quantitative estimate of drug-likeness (QED) is 0.855. The summed E-state index contributed by atoms with van der Waals surface area (Å²) in [5.74, 6) is 1.06. The molecule has 2 aromatic rings. The van der Waals surface area contributed by atoms with Crippen LogP contribution in [0.5, 0.6) is 0 Å². The molecule has 6 heteroatoms. The minimum absolute atomic E-state index is 0.0749. The third kappa shape index (κ3) is 3.76. The van der Waals surface area contributed by atoms with Crippen LogP contribution in [-0.2, 0) is 12.0 Å². The molecule has 1 N–H and O–H groups in total. The van der Waals surface area contributed by atoms with Crippen LogP contribution in [-0.4, -0.2) is 26.3 Å². The van der Waals surface area contributed by atoms with Gasteiger partial charge in [-0.05, 0) is 13.3 Å². The third-order valence-corrected chi connectivity index (χ3v) is 4.15. The molecule has 0 spiro atoms. The fourth-order valence-corrected chi connectivity index (χ4v) is 2.51. The molecule has 0 bridgehead atoms. The third-order valence-electron chi connectivity index (χ3n) is 2.84. The Kier molecular flexibility index (Phi) is 4.19. The first-order valence-corrected chi connectivity index (χ1v) is 7.34. The van der Waals surface area contributed by atoms with E-state index in [-0.39, 0.29) is 5.41 Å². The molecule has 0 saturated heterocycles. The number of nitrogens with zero attached hydrogens (tertiary/aromatic N) is 4. The lowest BCUT2D eigenvalue weighted by Gasteiger charge is -2.12. The molecule has 2 aromatic heterocycles. The second-order valence-electron chi connectivity index (χ2n) is 5.61. The Morgan fingerprint density at radius 2 is 2.11 bits per heavy atom. The van der Waals surface area contributed by atoms with Gasteiger partial charge in [0.05, 0.1) is 0 Å². The van der Waals surface area contributed by atoms with Crippen molar-refractivity contribution in [2.45, 2.75) is 46.1 Å². The van der Waals surface area contributed by atoms with Crippen LogP contribution in [0.1, 0.15) is 38.0 Å². The van der Waals surface area contributed by atoms with E-state index in [0.29, 0.717) is 0 Å². The average Bonchev–Trinajstić information content (AvgIpc) is 2.93. The van der Waals surface area contributed by atoms with Crippen molar-refractivity contribution >= 4 is 16.5 Å². The maximum absolute atomic E-state index is 4.22. The van der Waals surface area contributed by atoms with E-state index in [1.165, 1.54) is 0 Å². The normalized spacial score (nSPS) is 11.8. The van der Waals surface area contributed by atoms with Crippen molar-refractivity contribution in [2.75, 3.05) is 11.9 Å². The topological polar surface area (TPSA) is 55.6 Å². The minimum Gasteiger partial charge on any atom is -0.360 e. The first kappa shape index (κ1) is 14.0. The largest absolute Gasteiger partial charge is 0.360 e. The van der Waals surface area contributed by atoms with E-state index in [2.05, 4.69) is 45.8 Å². The van der Waals surface area contributed by atoms with Gasteiger partial charge in [-0.1, -0.05) is 32.1 Å². The monoisotopic (exact) mass is 279 g/mol. The lowest BCUT2D eigenvalue weighted by atomic mass is 9.98. The fraction of sp³-hybridized carbons (Fsp3) is 0.615. The number of rotatable bonds is 5. The second-order valence-corrected chi connectivity index (χ2v) is 6.59. The SMILES string of the molecule is Cc1nccn1CCCNc1nnc(C(C)(C)C)s1. The zero-order valence-corrected chi connectivity index (χ0v) is 12.8. The van der Waals surface area contributed by atoms with Crippen LogP contribution in [0.4, 0.5) is 5.13 Å². The van der Waals surface area contributed by atoms with Gasteiger partial charge in [0.25, 0.3) is 0 Å². The number of aromatic nitrogens is 4. The lowest BCUT2D eigenvalue weighted by molar-refractivity contribution is 0.578. The Labute approximate surface area is 118 Å².